The highest BCUT2D eigenvalue weighted by Gasteiger charge is 2.31. The van der Waals surface area contributed by atoms with E-state index in [0.29, 0.717) is 19.5 Å². The summed E-state index contributed by atoms with van der Waals surface area (Å²) in [6.45, 7) is 2.68. The lowest BCUT2D eigenvalue weighted by molar-refractivity contribution is -0.142. The van der Waals surface area contributed by atoms with Gasteiger partial charge in [0.15, 0.2) is 0 Å². The molecule has 3 N–H and O–H groups in total. The number of nitrogens with zero attached hydrogens (tertiary/aromatic N) is 1. The van der Waals surface area contributed by atoms with Gasteiger partial charge < -0.3 is 10.4 Å². The average Bonchev–Trinajstić information content (AvgIpc) is 2.65. The average molecular weight is 280 g/mol. The molecule has 1 atom stereocenters. The number of hydrogen-bond donors (Lipinski definition) is 3. The summed E-state index contributed by atoms with van der Waals surface area (Å²) in [5, 5.41) is 13.5. The predicted octanol–water partition coefficient (Wildman–Crippen LogP) is -0.197. The smallest absolute Gasteiger partial charge is 0.321 e. The summed E-state index contributed by atoms with van der Waals surface area (Å²) < 4.78 is 0. The molecule has 0 aromatic carbocycles. The van der Waals surface area contributed by atoms with Gasteiger partial charge in [-0.1, -0.05) is 0 Å². The number of likely N-dealkylation sites (tertiary alicyclic amines) is 1. The summed E-state index contributed by atoms with van der Waals surface area (Å²) in [5.74, 6) is -1.41. The van der Waals surface area contributed by atoms with Gasteiger partial charge in [0.25, 0.3) is 0 Å². The van der Waals surface area contributed by atoms with Crippen LogP contribution < -0.4 is 10.6 Å². The molecule has 0 spiro atoms. The largest absolute Gasteiger partial charge is 0.480 e. The molecule has 1 heterocycles. The molecule has 1 unspecified atom stereocenters. The minimum atomic E-state index is -0.923. The number of carboxylic acids is 1. The summed E-state index contributed by atoms with van der Waals surface area (Å²) >= 11 is 0. The molecule has 1 fully saturated rings. The Bertz CT molecular complexity index is 324. The molecule has 7 nitrogen and oxygen atoms in total. The van der Waals surface area contributed by atoms with Gasteiger partial charge in [0, 0.05) is 6.54 Å². The van der Waals surface area contributed by atoms with E-state index in [1.165, 1.54) is 0 Å². The molecule has 18 heavy (non-hydrogen) atoms. The minimum Gasteiger partial charge on any atom is -0.480 e. The van der Waals surface area contributed by atoms with Crippen LogP contribution in [0.25, 0.3) is 0 Å². The molecule has 1 aliphatic rings. The van der Waals surface area contributed by atoms with Crippen LogP contribution in [-0.2, 0) is 9.59 Å². The SMILES string of the molecule is CCNC(=O)NC(=O)CN1CCCC1C(=O)O.Cl. The van der Waals surface area contributed by atoms with Crippen molar-refractivity contribution in [3.63, 3.8) is 0 Å². The second-order valence-electron chi connectivity index (χ2n) is 3.87. The van der Waals surface area contributed by atoms with Crippen molar-refractivity contribution in [1.29, 1.82) is 0 Å². The molecule has 1 aliphatic heterocycles. The van der Waals surface area contributed by atoms with Crippen molar-refractivity contribution in [2.75, 3.05) is 19.6 Å². The number of imide groups is 1. The van der Waals surface area contributed by atoms with Crippen molar-refractivity contribution >= 4 is 30.3 Å². The number of carbonyl (C=O) groups excluding carboxylic acids is 2. The summed E-state index contributed by atoms with van der Waals surface area (Å²) in [5.41, 5.74) is 0. The second kappa shape index (κ2) is 7.88. The van der Waals surface area contributed by atoms with Gasteiger partial charge in [0.05, 0.1) is 6.54 Å². The van der Waals surface area contributed by atoms with Gasteiger partial charge in [-0.25, -0.2) is 4.79 Å². The van der Waals surface area contributed by atoms with Gasteiger partial charge in [0.2, 0.25) is 5.91 Å². The maximum atomic E-state index is 11.4. The predicted molar refractivity (Wildman–Crippen MR) is 66.7 cm³/mol. The van der Waals surface area contributed by atoms with E-state index in [-0.39, 0.29) is 19.0 Å². The molecule has 1 rings (SSSR count). The summed E-state index contributed by atoms with van der Waals surface area (Å²) in [6.07, 6.45) is 1.30. The van der Waals surface area contributed by atoms with Gasteiger partial charge in [-0.15, -0.1) is 12.4 Å². The first-order valence-electron chi connectivity index (χ1n) is 5.59. The van der Waals surface area contributed by atoms with Crippen LogP contribution in [0.3, 0.4) is 0 Å². The highest BCUT2D eigenvalue weighted by atomic mass is 35.5. The molecule has 0 bridgehead atoms. The van der Waals surface area contributed by atoms with E-state index < -0.39 is 23.9 Å². The highest BCUT2D eigenvalue weighted by Crippen LogP contribution is 2.16. The molecular weight excluding hydrogens is 262 g/mol. The van der Waals surface area contributed by atoms with E-state index in [1.54, 1.807) is 11.8 Å². The summed E-state index contributed by atoms with van der Waals surface area (Å²) in [7, 11) is 0. The fourth-order valence-electron chi connectivity index (χ4n) is 1.85. The topological polar surface area (TPSA) is 98.7 Å². The number of urea groups is 1. The Morgan fingerprint density at radius 2 is 2.06 bits per heavy atom. The molecule has 0 saturated carbocycles. The van der Waals surface area contributed by atoms with Gasteiger partial charge in [-0.05, 0) is 26.3 Å². The third-order valence-corrected chi connectivity index (χ3v) is 2.59. The Labute approximate surface area is 111 Å². The van der Waals surface area contributed by atoms with Crippen molar-refractivity contribution in [3.8, 4) is 0 Å². The molecule has 1 saturated heterocycles. The molecule has 0 aliphatic carbocycles. The van der Waals surface area contributed by atoms with Crippen LogP contribution in [0.5, 0.6) is 0 Å². The number of nitrogens with one attached hydrogen (secondary N) is 2. The zero-order chi connectivity index (χ0) is 12.8. The Hall–Kier alpha value is -1.34. The molecule has 104 valence electrons. The van der Waals surface area contributed by atoms with Crippen molar-refractivity contribution in [2.45, 2.75) is 25.8 Å². The first-order valence-corrected chi connectivity index (χ1v) is 5.59. The molecule has 0 radical (unpaired) electrons. The maximum Gasteiger partial charge on any atom is 0.321 e. The monoisotopic (exact) mass is 279 g/mol. The third-order valence-electron chi connectivity index (χ3n) is 2.59. The third kappa shape index (κ3) is 4.89. The first-order chi connectivity index (χ1) is 8.04. The molecule has 3 amide bonds. The first kappa shape index (κ1) is 16.7. The van der Waals surface area contributed by atoms with E-state index in [2.05, 4.69) is 10.6 Å². The van der Waals surface area contributed by atoms with Crippen molar-refractivity contribution in [1.82, 2.24) is 15.5 Å². The van der Waals surface area contributed by atoms with Crippen LogP contribution in [0.1, 0.15) is 19.8 Å². The van der Waals surface area contributed by atoms with Gasteiger partial charge in [-0.3, -0.25) is 19.8 Å². The van der Waals surface area contributed by atoms with Crippen LogP contribution in [-0.4, -0.2) is 53.6 Å². The van der Waals surface area contributed by atoms with E-state index in [9.17, 15) is 14.4 Å². The number of halogens is 1. The van der Waals surface area contributed by atoms with Crippen molar-refractivity contribution in [2.24, 2.45) is 0 Å². The second-order valence-corrected chi connectivity index (χ2v) is 3.87. The van der Waals surface area contributed by atoms with Crippen molar-refractivity contribution in [3.05, 3.63) is 0 Å². The maximum absolute atomic E-state index is 11.4. The Morgan fingerprint density at radius 3 is 2.61 bits per heavy atom. The van der Waals surface area contributed by atoms with Crippen LogP contribution >= 0.6 is 12.4 Å². The fraction of sp³-hybridized carbons (Fsp3) is 0.700. The highest BCUT2D eigenvalue weighted by molar-refractivity contribution is 5.95. The number of rotatable bonds is 4. The molecule has 0 aromatic rings. The van der Waals surface area contributed by atoms with Crippen molar-refractivity contribution < 1.29 is 19.5 Å². The van der Waals surface area contributed by atoms with E-state index >= 15 is 0 Å². The summed E-state index contributed by atoms with van der Waals surface area (Å²) in [4.78, 5) is 34.9. The van der Waals surface area contributed by atoms with E-state index in [0.717, 1.165) is 6.42 Å². The molecule has 0 aromatic heterocycles. The Morgan fingerprint density at radius 1 is 1.39 bits per heavy atom. The number of amides is 3. The normalized spacial score (nSPS) is 18.8. The van der Waals surface area contributed by atoms with Gasteiger partial charge >= 0.3 is 12.0 Å². The lowest BCUT2D eigenvalue weighted by Gasteiger charge is -2.19. The van der Waals surface area contributed by atoms with Gasteiger partial charge in [0.1, 0.15) is 6.04 Å². The standard InChI is InChI=1S/C10H17N3O4.ClH/c1-2-11-10(17)12-8(14)6-13-5-3-4-7(13)9(15)16;/h7H,2-6H2,1H3,(H,15,16)(H2,11,12,14,17);1H. The van der Waals surface area contributed by atoms with Crippen LogP contribution in [0.15, 0.2) is 0 Å². The van der Waals surface area contributed by atoms with Crippen LogP contribution in [0.4, 0.5) is 4.79 Å². The molecular formula is C10H18ClN3O4. The Balaban J connectivity index is 0.00000289. The van der Waals surface area contributed by atoms with E-state index in [4.69, 9.17) is 5.11 Å². The number of carboxylic acid groups (broad SMARTS) is 1. The number of hydrogen-bond acceptors (Lipinski definition) is 4. The zero-order valence-corrected chi connectivity index (χ0v) is 11.0. The summed E-state index contributed by atoms with van der Waals surface area (Å²) in [6, 6.07) is -1.17. The molecule has 8 heteroatoms. The van der Waals surface area contributed by atoms with E-state index in [1.807, 2.05) is 0 Å². The van der Waals surface area contributed by atoms with Gasteiger partial charge in [-0.2, -0.15) is 0 Å². The number of aliphatic carboxylic acids is 1. The van der Waals surface area contributed by atoms with Crippen LogP contribution in [0.2, 0.25) is 0 Å². The zero-order valence-electron chi connectivity index (χ0n) is 10.1. The lowest BCUT2D eigenvalue weighted by Crippen LogP contribution is -2.47. The minimum absolute atomic E-state index is 0. The quantitative estimate of drug-likeness (QED) is 0.662. The number of carbonyl (C=O) groups is 3. The Kier molecular flexibility index (Phi) is 7.30. The lowest BCUT2D eigenvalue weighted by atomic mass is 10.2. The van der Waals surface area contributed by atoms with Crippen LogP contribution in [0, 0.1) is 0 Å². The fourth-order valence-corrected chi connectivity index (χ4v) is 1.85.